The van der Waals surface area contributed by atoms with E-state index in [9.17, 15) is 4.79 Å². The Morgan fingerprint density at radius 3 is 3.15 bits per heavy atom. The molecule has 0 unspecified atom stereocenters. The molecular formula is C9H8N2O2. The number of nitriles is 1. The van der Waals surface area contributed by atoms with Gasteiger partial charge < -0.3 is 4.74 Å². The summed E-state index contributed by atoms with van der Waals surface area (Å²) in [6.07, 6.45) is 3.08. The lowest BCUT2D eigenvalue weighted by molar-refractivity contribution is -0.139. The highest BCUT2D eigenvalue weighted by molar-refractivity contribution is 5.73. The van der Waals surface area contributed by atoms with Gasteiger partial charge in [0, 0.05) is 12.4 Å². The van der Waals surface area contributed by atoms with E-state index in [-0.39, 0.29) is 12.4 Å². The predicted molar refractivity (Wildman–Crippen MR) is 44.7 cm³/mol. The lowest BCUT2D eigenvalue weighted by atomic mass is 10.1. The van der Waals surface area contributed by atoms with Crippen LogP contribution >= 0.6 is 0 Å². The first-order chi connectivity index (χ1) is 6.27. The van der Waals surface area contributed by atoms with Crippen molar-refractivity contribution in [1.82, 2.24) is 4.98 Å². The molecule has 4 nitrogen and oxygen atoms in total. The molecule has 1 rings (SSSR count). The molecule has 1 aromatic heterocycles. The number of nitrogens with zero attached hydrogens (tertiary/aromatic N) is 2. The number of ether oxygens (including phenoxy) is 1. The number of hydrogen-bond acceptors (Lipinski definition) is 4. The second kappa shape index (κ2) is 4.21. The van der Waals surface area contributed by atoms with Crippen LogP contribution in [0.3, 0.4) is 0 Å². The van der Waals surface area contributed by atoms with Crippen molar-refractivity contribution in [2.24, 2.45) is 0 Å². The topological polar surface area (TPSA) is 63.0 Å². The Hall–Kier alpha value is -1.89. The van der Waals surface area contributed by atoms with Gasteiger partial charge >= 0.3 is 5.97 Å². The Morgan fingerprint density at radius 1 is 1.77 bits per heavy atom. The first-order valence-corrected chi connectivity index (χ1v) is 3.67. The van der Waals surface area contributed by atoms with Crippen LogP contribution in [0.1, 0.15) is 11.1 Å². The lowest BCUT2D eigenvalue weighted by Gasteiger charge is -2.00. The fourth-order valence-corrected chi connectivity index (χ4v) is 0.906. The van der Waals surface area contributed by atoms with Gasteiger partial charge in [-0.05, 0) is 11.6 Å². The molecule has 0 radical (unpaired) electrons. The summed E-state index contributed by atoms with van der Waals surface area (Å²) in [7, 11) is 1.32. The van der Waals surface area contributed by atoms with E-state index in [4.69, 9.17) is 5.26 Å². The van der Waals surface area contributed by atoms with E-state index < -0.39 is 0 Å². The number of methoxy groups -OCH3 is 1. The monoisotopic (exact) mass is 176 g/mol. The van der Waals surface area contributed by atoms with Gasteiger partial charge in [0.1, 0.15) is 6.07 Å². The molecule has 0 spiro atoms. The van der Waals surface area contributed by atoms with Gasteiger partial charge in [-0.2, -0.15) is 5.26 Å². The molecule has 0 aliphatic rings. The second-order valence-corrected chi connectivity index (χ2v) is 2.40. The highest BCUT2D eigenvalue weighted by Crippen LogP contribution is 2.06. The number of carbonyl (C=O) groups excluding carboxylic acids is 1. The molecule has 0 atom stereocenters. The average molecular weight is 176 g/mol. The summed E-state index contributed by atoms with van der Waals surface area (Å²) >= 11 is 0. The molecule has 4 heteroatoms. The number of aromatic nitrogens is 1. The van der Waals surface area contributed by atoms with Crippen LogP contribution in [0.4, 0.5) is 0 Å². The van der Waals surface area contributed by atoms with Crippen LogP contribution in [-0.4, -0.2) is 18.1 Å². The van der Waals surface area contributed by atoms with Crippen molar-refractivity contribution in [2.75, 3.05) is 7.11 Å². The predicted octanol–water partition coefficient (Wildman–Crippen LogP) is 0.669. The maximum absolute atomic E-state index is 10.9. The maximum atomic E-state index is 10.9. The Labute approximate surface area is 75.8 Å². The van der Waals surface area contributed by atoms with Crippen LogP contribution in [0.5, 0.6) is 0 Å². The number of rotatable bonds is 2. The molecule has 13 heavy (non-hydrogen) atoms. The summed E-state index contributed by atoms with van der Waals surface area (Å²) in [5, 5.41) is 8.66. The second-order valence-electron chi connectivity index (χ2n) is 2.40. The molecule has 0 fully saturated rings. The standard InChI is InChI=1S/C9H8N2O2/c1-13-9(12)4-7-2-3-11-6-8(7)5-10/h2-3,6H,4H2,1H3. The van der Waals surface area contributed by atoms with Crippen LogP contribution in [-0.2, 0) is 16.0 Å². The van der Waals surface area contributed by atoms with E-state index in [0.717, 1.165) is 0 Å². The summed E-state index contributed by atoms with van der Waals surface area (Å²) in [6, 6.07) is 3.59. The van der Waals surface area contributed by atoms with E-state index in [0.29, 0.717) is 11.1 Å². The van der Waals surface area contributed by atoms with Crippen molar-refractivity contribution in [2.45, 2.75) is 6.42 Å². The van der Waals surface area contributed by atoms with Gasteiger partial charge in [-0.3, -0.25) is 9.78 Å². The van der Waals surface area contributed by atoms with Crippen LogP contribution in [0.2, 0.25) is 0 Å². The average Bonchev–Trinajstić information content (AvgIpc) is 2.18. The summed E-state index contributed by atoms with van der Waals surface area (Å²) in [5.74, 6) is -0.359. The van der Waals surface area contributed by atoms with Gasteiger partial charge in [0.25, 0.3) is 0 Å². The molecule has 0 amide bonds. The number of pyridine rings is 1. The molecule has 0 saturated heterocycles. The van der Waals surface area contributed by atoms with Crippen molar-refractivity contribution in [3.05, 3.63) is 29.6 Å². The number of hydrogen-bond donors (Lipinski definition) is 0. The number of carbonyl (C=O) groups is 1. The van der Waals surface area contributed by atoms with Gasteiger partial charge in [-0.1, -0.05) is 0 Å². The van der Waals surface area contributed by atoms with Gasteiger partial charge in [-0.25, -0.2) is 0 Å². The molecule has 1 heterocycles. The van der Waals surface area contributed by atoms with E-state index in [1.54, 1.807) is 12.3 Å². The van der Waals surface area contributed by atoms with E-state index in [2.05, 4.69) is 9.72 Å². The molecule has 66 valence electrons. The van der Waals surface area contributed by atoms with Crippen molar-refractivity contribution < 1.29 is 9.53 Å². The van der Waals surface area contributed by atoms with E-state index >= 15 is 0 Å². The molecule has 0 N–H and O–H groups in total. The molecule has 0 aliphatic carbocycles. The highest BCUT2D eigenvalue weighted by atomic mass is 16.5. The fraction of sp³-hybridized carbons (Fsp3) is 0.222. The van der Waals surface area contributed by atoms with Crippen LogP contribution in [0, 0.1) is 11.3 Å². The smallest absolute Gasteiger partial charge is 0.310 e. The summed E-state index contributed by atoms with van der Waals surface area (Å²) in [6.45, 7) is 0. The SMILES string of the molecule is COC(=O)Cc1ccncc1C#N. The Morgan fingerprint density at radius 2 is 2.54 bits per heavy atom. The Balaban J connectivity index is 2.89. The highest BCUT2D eigenvalue weighted by Gasteiger charge is 2.06. The van der Waals surface area contributed by atoms with Crippen LogP contribution in [0.25, 0.3) is 0 Å². The third kappa shape index (κ3) is 2.27. The van der Waals surface area contributed by atoms with Crippen molar-refractivity contribution >= 4 is 5.97 Å². The first-order valence-electron chi connectivity index (χ1n) is 3.67. The van der Waals surface area contributed by atoms with Crippen molar-refractivity contribution in [3.63, 3.8) is 0 Å². The van der Waals surface area contributed by atoms with Crippen molar-refractivity contribution in [3.8, 4) is 6.07 Å². The van der Waals surface area contributed by atoms with E-state index in [1.165, 1.54) is 13.3 Å². The van der Waals surface area contributed by atoms with Gasteiger partial charge in [0.05, 0.1) is 19.1 Å². The molecule has 0 saturated carbocycles. The van der Waals surface area contributed by atoms with Gasteiger partial charge in [0.2, 0.25) is 0 Å². The third-order valence-corrected chi connectivity index (χ3v) is 1.59. The minimum Gasteiger partial charge on any atom is -0.469 e. The molecule has 1 aromatic rings. The van der Waals surface area contributed by atoms with Gasteiger partial charge in [-0.15, -0.1) is 0 Å². The zero-order valence-corrected chi connectivity index (χ0v) is 7.15. The normalized spacial score (nSPS) is 8.92. The summed E-state index contributed by atoms with van der Waals surface area (Å²) < 4.78 is 4.48. The lowest BCUT2D eigenvalue weighted by Crippen LogP contribution is -2.06. The number of esters is 1. The Kier molecular flexibility index (Phi) is 2.98. The zero-order valence-electron chi connectivity index (χ0n) is 7.15. The van der Waals surface area contributed by atoms with E-state index in [1.807, 2.05) is 6.07 Å². The maximum Gasteiger partial charge on any atom is 0.310 e. The largest absolute Gasteiger partial charge is 0.469 e. The zero-order chi connectivity index (χ0) is 9.68. The van der Waals surface area contributed by atoms with Crippen molar-refractivity contribution in [1.29, 1.82) is 5.26 Å². The van der Waals surface area contributed by atoms with Gasteiger partial charge in [0.15, 0.2) is 0 Å². The van der Waals surface area contributed by atoms with Crippen LogP contribution < -0.4 is 0 Å². The minimum absolute atomic E-state index is 0.113. The molecular weight excluding hydrogens is 168 g/mol. The summed E-state index contributed by atoms with van der Waals surface area (Å²) in [5.41, 5.74) is 1.05. The fourth-order valence-electron chi connectivity index (χ4n) is 0.906. The summed E-state index contributed by atoms with van der Waals surface area (Å²) in [4.78, 5) is 14.7. The molecule has 0 bridgehead atoms. The third-order valence-electron chi connectivity index (χ3n) is 1.59. The molecule has 0 aromatic carbocycles. The minimum atomic E-state index is -0.359. The quantitative estimate of drug-likeness (QED) is 0.621. The Bertz CT molecular complexity index is 355. The van der Waals surface area contributed by atoms with Crippen LogP contribution in [0.15, 0.2) is 18.5 Å². The first kappa shape index (κ1) is 9.20. The molecule has 0 aliphatic heterocycles.